The van der Waals surface area contributed by atoms with E-state index in [9.17, 15) is 14.4 Å². The number of carbonyl (C=O) groups excluding carboxylic acids is 2. The Hall–Kier alpha value is -3.87. The molecule has 7 heteroatoms. The van der Waals surface area contributed by atoms with E-state index in [-0.39, 0.29) is 5.70 Å². The van der Waals surface area contributed by atoms with Crippen molar-refractivity contribution >= 4 is 34.8 Å². The molecule has 0 spiro atoms. The number of urea groups is 1. The second-order valence-electron chi connectivity index (χ2n) is 6.97. The highest BCUT2D eigenvalue weighted by Crippen LogP contribution is 2.26. The van der Waals surface area contributed by atoms with Crippen LogP contribution in [0.5, 0.6) is 0 Å². The average Bonchev–Trinajstić information content (AvgIpc) is 3.11. The molecule has 2 N–H and O–H groups in total. The van der Waals surface area contributed by atoms with Crippen molar-refractivity contribution in [1.82, 2.24) is 14.8 Å². The third-order valence-corrected chi connectivity index (χ3v) is 5.02. The smallest absolute Gasteiger partial charge is 0.329 e. The van der Waals surface area contributed by atoms with Crippen LogP contribution < -0.4 is 5.32 Å². The van der Waals surface area contributed by atoms with E-state index in [4.69, 9.17) is 5.11 Å². The van der Waals surface area contributed by atoms with Crippen molar-refractivity contribution in [2.24, 2.45) is 0 Å². The summed E-state index contributed by atoms with van der Waals surface area (Å²) < 4.78 is 2.08. The van der Waals surface area contributed by atoms with Gasteiger partial charge in [-0.05, 0) is 54.5 Å². The van der Waals surface area contributed by atoms with E-state index in [2.05, 4.69) is 34.1 Å². The lowest BCUT2D eigenvalue weighted by molar-refractivity contribution is -0.140. The highest BCUT2D eigenvalue weighted by Gasteiger charge is 2.35. The van der Waals surface area contributed by atoms with Gasteiger partial charge in [0.1, 0.15) is 12.2 Å². The number of imide groups is 1. The zero-order valence-electron chi connectivity index (χ0n) is 16.0. The number of carboxylic acid groups (broad SMARTS) is 1. The SMILES string of the molecule is Cc1cc(/C=C2/NC(=O)N(CC(=O)O)C2=O)c(C)n1-c1ccc2ccccc2c1. The van der Waals surface area contributed by atoms with Gasteiger partial charge in [-0.1, -0.05) is 30.3 Å². The van der Waals surface area contributed by atoms with E-state index >= 15 is 0 Å². The summed E-state index contributed by atoms with van der Waals surface area (Å²) in [6.45, 7) is 3.24. The van der Waals surface area contributed by atoms with Gasteiger partial charge >= 0.3 is 12.0 Å². The number of aliphatic carboxylic acids is 1. The molecule has 1 fully saturated rings. The van der Waals surface area contributed by atoms with Crippen LogP contribution in [0.2, 0.25) is 0 Å². The Morgan fingerprint density at radius 1 is 1.07 bits per heavy atom. The maximum absolute atomic E-state index is 12.4. The number of nitrogens with zero attached hydrogens (tertiary/aromatic N) is 2. The number of aromatic nitrogens is 1. The molecule has 1 aliphatic heterocycles. The first-order chi connectivity index (χ1) is 13.8. The molecule has 0 aliphatic carbocycles. The number of nitrogens with one attached hydrogen (secondary N) is 1. The molecule has 2 aromatic carbocycles. The van der Waals surface area contributed by atoms with Crippen molar-refractivity contribution in [3.05, 3.63) is 71.2 Å². The molecule has 29 heavy (non-hydrogen) atoms. The van der Waals surface area contributed by atoms with Crippen LogP contribution in [0.1, 0.15) is 17.0 Å². The summed E-state index contributed by atoms with van der Waals surface area (Å²) >= 11 is 0. The van der Waals surface area contributed by atoms with Crippen molar-refractivity contribution in [2.75, 3.05) is 6.54 Å². The molecule has 0 bridgehead atoms. The van der Waals surface area contributed by atoms with Crippen LogP contribution in [0.3, 0.4) is 0 Å². The number of fused-ring (bicyclic) bond motifs is 1. The third-order valence-electron chi connectivity index (χ3n) is 5.02. The molecule has 0 unspecified atom stereocenters. The van der Waals surface area contributed by atoms with Gasteiger partial charge in [0.2, 0.25) is 0 Å². The summed E-state index contributed by atoms with van der Waals surface area (Å²) in [7, 11) is 0. The zero-order valence-corrected chi connectivity index (χ0v) is 16.0. The second-order valence-corrected chi connectivity index (χ2v) is 6.97. The monoisotopic (exact) mass is 389 g/mol. The number of amides is 3. The Morgan fingerprint density at radius 2 is 1.79 bits per heavy atom. The third kappa shape index (κ3) is 3.27. The van der Waals surface area contributed by atoms with Crippen molar-refractivity contribution in [1.29, 1.82) is 0 Å². The van der Waals surface area contributed by atoms with Crippen molar-refractivity contribution in [3.8, 4) is 5.69 Å². The normalized spacial score (nSPS) is 15.4. The molecular weight excluding hydrogens is 370 g/mol. The van der Waals surface area contributed by atoms with E-state index < -0.39 is 24.5 Å². The van der Waals surface area contributed by atoms with Gasteiger partial charge in [0.25, 0.3) is 5.91 Å². The Balaban J connectivity index is 1.72. The quantitative estimate of drug-likeness (QED) is 0.529. The number of hydrogen-bond acceptors (Lipinski definition) is 3. The van der Waals surface area contributed by atoms with Crippen LogP contribution in [0.25, 0.3) is 22.5 Å². The fourth-order valence-electron chi connectivity index (χ4n) is 3.65. The number of hydrogen-bond donors (Lipinski definition) is 2. The van der Waals surface area contributed by atoms with Gasteiger partial charge in [-0.3, -0.25) is 9.59 Å². The maximum atomic E-state index is 12.4. The van der Waals surface area contributed by atoms with Gasteiger partial charge < -0.3 is 15.0 Å². The first kappa shape index (κ1) is 18.5. The van der Waals surface area contributed by atoms with Crippen LogP contribution in [-0.2, 0) is 9.59 Å². The summed E-state index contributed by atoms with van der Waals surface area (Å²) in [6, 6.07) is 15.5. The first-order valence-electron chi connectivity index (χ1n) is 9.09. The molecule has 3 amide bonds. The number of benzene rings is 2. The van der Waals surface area contributed by atoms with E-state index in [0.29, 0.717) is 4.90 Å². The lowest BCUT2D eigenvalue weighted by atomic mass is 10.1. The number of rotatable bonds is 4. The first-order valence-corrected chi connectivity index (χ1v) is 9.09. The molecule has 4 rings (SSSR count). The highest BCUT2D eigenvalue weighted by atomic mass is 16.4. The molecule has 0 saturated carbocycles. The maximum Gasteiger partial charge on any atom is 0.329 e. The van der Waals surface area contributed by atoms with E-state index in [1.54, 1.807) is 6.08 Å². The molecule has 2 heterocycles. The number of carbonyl (C=O) groups is 3. The van der Waals surface area contributed by atoms with Crippen LogP contribution in [0, 0.1) is 13.8 Å². The van der Waals surface area contributed by atoms with Gasteiger partial charge in [0.05, 0.1) is 0 Å². The van der Waals surface area contributed by atoms with Crippen molar-refractivity contribution in [2.45, 2.75) is 13.8 Å². The van der Waals surface area contributed by atoms with Gasteiger partial charge in [-0.15, -0.1) is 0 Å². The Labute approximate surface area is 166 Å². The summed E-state index contributed by atoms with van der Waals surface area (Å²) in [5.74, 6) is -1.89. The van der Waals surface area contributed by atoms with Gasteiger partial charge in [0.15, 0.2) is 0 Å². The Morgan fingerprint density at radius 3 is 2.52 bits per heavy atom. The van der Waals surface area contributed by atoms with E-state index in [1.807, 2.05) is 38.1 Å². The summed E-state index contributed by atoms with van der Waals surface area (Å²) in [4.78, 5) is 35.8. The fraction of sp³-hybridized carbons (Fsp3) is 0.136. The standard InChI is InChI=1S/C22H19N3O4/c1-13-9-17(11-19-21(28)24(12-20(26)27)22(29)23-19)14(2)25(13)18-8-7-15-5-3-4-6-16(15)10-18/h3-11H,12H2,1-2H3,(H,23,29)(H,26,27)/b19-11+. The summed E-state index contributed by atoms with van der Waals surface area (Å²) in [5, 5.41) is 13.6. The zero-order chi connectivity index (χ0) is 20.7. The van der Waals surface area contributed by atoms with Crippen LogP contribution >= 0.6 is 0 Å². The minimum Gasteiger partial charge on any atom is -0.480 e. The highest BCUT2D eigenvalue weighted by molar-refractivity contribution is 6.15. The van der Waals surface area contributed by atoms with Gasteiger partial charge in [0, 0.05) is 17.1 Å². The topological polar surface area (TPSA) is 91.6 Å². The largest absolute Gasteiger partial charge is 0.480 e. The van der Waals surface area contributed by atoms with Crippen molar-refractivity contribution < 1.29 is 19.5 Å². The molecule has 1 saturated heterocycles. The molecule has 1 aromatic heterocycles. The van der Waals surface area contributed by atoms with Crippen LogP contribution in [-0.4, -0.2) is 39.0 Å². The predicted octanol–water partition coefficient (Wildman–Crippen LogP) is 3.22. The van der Waals surface area contributed by atoms with Crippen molar-refractivity contribution in [3.63, 3.8) is 0 Å². The molecule has 0 radical (unpaired) electrons. The molecule has 1 aliphatic rings. The van der Waals surface area contributed by atoms with Gasteiger partial charge in [-0.2, -0.15) is 0 Å². The van der Waals surface area contributed by atoms with Crippen LogP contribution in [0.15, 0.2) is 54.2 Å². The summed E-state index contributed by atoms with van der Waals surface area (Å²) in [5.41, 5.74) is 3.72. The Kier molecular flexibility index (Phi) is 4.43. The molecule has 146 valence electrons. The van der Waals surface area contributed by atoms with E-state index in [0.717, 1.165) is 33.4 Å². The lowest BCUT2D eigenvalue weighted by Crippen LogP contribution is -2.35. The minimum atomic E-state index is -1.25. The average molecular weight is 389 g/mol. The summed E-state index contributed by atoms with van der Waals surface area (Å²) in [6.07, 6.45) is 1.59. The Bertz CT molecular complexity index is 1210. The molecule has 3 aromatic rings. The van der Waals surface area contributed by atoms with Crippen LogP contribution in [0.4, 0.5) is 4.79 Å². The minimum absolute atomic E-state index is 0.0648. The molecular formula is C22H19N3O4. The van der Waals surface area contributed by atoms with Gasteiger partial charge in [-0.25, -0.2) is 9.69 Å². The fourth-order valence-corrected chi connectivity index (χ4v) is 3.65. The predicted molar refractivity (Wildman–Crippen MR) is 109 cm³/mol. The number of aryl methyl sites for hydroxylation is 1. The lowest BCUT2D eigenvalue weighted by Gasteiger charge is -2.11. The second kappa shape index (κ2) is 6.94. The number of carboxylic acids is 1. The molecule has 0 atom stereocenters. The van der Waals surface area contributed by atoms with E-state index in [1.165, 1.54) is 0 Å². The molecule has 7 nitrogen and oxygen atoms in total.